The van der Waals surface area contributed by atoms with Crippen molar-refractivity contribution in [2.75, 3.05) is 26.4 Å². The molecule has 1 N–H and O–H groups in total. The molecule has 0 spiro atoms. The van der Waals surface area contributed by atoms with E-state index in [0.29, 0.717) is 12.5 Å². The Balaban J connectivity index is 1.42. The van der Waals surface area contributed by atoms with Gasteiger partial charge in [-0.2, -0.15) is 5.10 Å². The van der Waals surface area contributed by atoms with Crippen molar-refractivity contribution < 1.29 is 17.9 Å². The molecule has 1 aromatic rings. The van der Waals surface area contributed by atoms with Crippen LogP contribution < -0.4 is 4.72 Å². The van der Waals surface area contributed by atoms with Gasteiger partial charge in [0.2, 0.25) is 10.0 Å². The van der Waals surface area contributed by atoms with E-state index in [1.807, 2.05) is 4.68 Å². The number of rotatable bonds is 6. The minimum atomic E-state index is -3.18. The van der Waals surface area contributed by atoms with Gasteiger partial charge in [0.05, 0.1) is 17.6 Å². The molecule has 3 aliphatic rings. The van der Waals surface area contributed by atoms with Crippen LogP contribution in [0, 0.1) is 5.92 Å². The number of hydrogen-bond donors (Lipinski definition) is 1. The first kappa shape index (κ1) is 16.5. The van der Waals surface area contributed by atoms with E-state index in [4.69, 9.17) is 14.6 Å². The Morgan fingerprint density at radius 2 is 2.00 bits per heavy atom. The average Bonchev–Trinajstić information content (AvgIpc) is 3.36. The standard InChI is InChI=1S/C16H25N3O4S/c20-24(21,14-1-2-14)17-9-15-16-13(5-8-23-15)11-19(18-16)10-12-3-6-22-7-4-12/h11-12,14-15,17H,1-10H2. The number of hydrogen-bond acceptors (Lipinski definition) is 5. The lowest BCUT2D eigenvalue weighted by atomic mass is 10.0. The van der Waals surface area contributed by atoms with Crippen molar-refractivity contribution in [3.8, 4) is 0 Å². The first-order valence-electron chi connectivity index (χ1n) is 8.86. The van der Waals surface area contributed by atoms with Gasteiger partial charge in [-0.05, 0) is 43.6 Å². The van der Waals surface area contributed by atoms with Gasteiger partial charge in [-0.3, -0.25) is 4.68 Å². The van der Waals surface area contributed by atoms with Gasteiger partial charge >= 0.3 is 0 Å². The first-order valence-corrected chi connectivity index (χ1v) is 10.4. The van der Waals surface area contributed by atoms with Crippen LogP contribution >= 0.6 is 0 Å². The zero-order valence-corrected chi connectivity index (χ0v) is 14.6. The quantitative estimate of drug-likeness (QED) is 0.823. The molecule has 1 atom stereocenters. The Hall–Kier alpha value is -0.960. The smallest absolute Gasteiger partial charge is 0.214 e. The van der Waals surface area contributed by atoms with Gasteiger partial charge < -0.3 is 9.47 Å². The Morgan fingerprint density at radius 1 is 1.21 bits per heavy atom. The minimum absolute atomic E-state index is 0.202. The van der Waals surface area contributed by atoms with Crippen molar-refractivity contribution in [1.82, 2.24) is 14.5 Å². The van der Waals surface area contributed by atoms with Gasteiger partial charge in [-0.25, -0.2) is 13.1 Å². The fourth-order valence-electron chi connectivity index (χ4n) is 3.46. The van der Waals surface area contributed by atoms with Crippen molar-refractivity contribution in [3.63, 3.8) is 0 Å². The van der Waals surface area contributed by atoms with E-state index >= 15 is 0 Å². The molecule has 1 aliphatic carbocycles. The number of fused-ring (bicyclic) bond motifs is 1. The lowest BCUT2D eigenvalue weighted by Gasteiger charge is -2.22. The third-order valence-electron chi connectivity index (χ3n) is 5.08. The predicted octanol–water partition coefficient (Wildman–Crippen LogP) is 1.01. The summed E-state index contributed by atoms with van der Waals surface area (Å²) in [7, 11) is -3.18. The van der Waals surface area contributed by atoms with E-state index in [1.54, 1.807) is 0 Å². The lowest BCUT2D eigenvalue weighted by molar-refractivity contribution is 0.0424. The minimum Gasteiger partial charge on any atom is -0.381 e. The van der Waals surface area contributed by atoms with Crippen molar-refractivity contribution in [3.05, 3.63) is 17.5 Å². The summed E-state index contributed by atoms with van der Waals surface area (Å²) in [6.45, 7) is 3.46. The predicted molar refractivity (Wildman–Crippen MR) is 88.1 cm³/mol. The molecule has 7 nitrogen and oxygen atoms in total. The van der Waals surface area contributed by atoms with E-state index in [9.17, 15) is 8.42 Å². The topological polar surface area (TPSA) is 82.5 Å². The van der Waals surface area contributed by atoms with Crippen molar-refractivity contribution in [2.24, 2.45) is 5.92 Å². The molecule has 3 heterocycles. The van der Waals surface area contributed by atoms with E-state index in [2.05, 4.69) is 10.9 Å². The molecule has 1 unspecified atom stereocenters. The zero-order valence-electron chi connectivity index (χ0n) is 13.8. The third-order valence-corrected chi connectivity index (χ3v) is 7.00. The van der Waals surface area contributed by atoms with Crippen LogP contribution in [0.3, 0.4) is 0 Å². The maximum atomic E-state index is 12.0. The summed E-state index contributed by atoms with van der Waals surface area (Å²) in [6.07, 6.45) is 6.36. The summed E-state index contributed by atoms with van der Waals surface area (Å²) in [4.78, 5) is 0. The summed E-state index contributed by atoms with van der Waals surface area (Å²) in [6, 6.07) is 0. The number of sulfonamides is 1. The Bertz CT molecular complexity index is 677. The van der Waals surface area contributed by atoms with Crippen LogP contribution in [0.25, 0.3) is 0 Å². The molecule has 0 amide bonds. The van der Waals surface area contributed by atoms with E-state index in [1.165, 1.54) is 5.56 Å². The van der Waals surface area contributed by atoms with E-state index in [-0.39, 0.29) is 17.9 Å². The second-order valence-electron chi connectivity index (χ2n) is 7.02. The summed E-state index contributed by atoms with van der Waals surface area (Å²) in [5.74, 6) is 0.604. The first-order chi connectivity index (χ1) is 11.6. The van der Waals surface area contributed by atoms with Gasteiger partial charge in [0.25, 0.3) is 0 Å². The molecular weight excluding hydrogens is 330 g/mol. The molecule has 0 radical (unpaired) electrons. The molecule has 0 aromatic carbocycles. The summed E-state index contributed by atoms with van der Waals surface area (Å²) in [5, 5.41) is 4.50. The summed E-state index contributed by atoms with van der Waals surface area (Å²) >= 11 is 0. The molecular formula is C16H25N3O4S. The highest BCUT2D eigenvalue weighted by Gasteiger charge is 2.36. The highest BCUT2D eigenvalue weighted by atomic mass is 32.2. The van der Waals surface area contributed by atoms with Crippen LogP contribution in [0.2, 0.25) is 0 Å². The van der Waals surface area contributed by atoms with E-state index in [0.717, 1.165) is 57.6 Å². The Morgan fingerprint density at radius 3 is 2.75 bits per heavy atom. The zero-order chi connectivity index (χ0) is 16.6. The summed E-state index contributed by atoms with van der Waals surface area (Å²) in [5.41, 5.74) is 2.08. The molecule has 1 aromatic heterocycles. The lowest BCUT2D eigenvalue weighted by Crippen LogP contribution is -2.34. The molecule has 134 valence electrons. The Kier molecular flexibility index (Phi) is 4.64. The molecule has 2 aliphatic heterocycles. The van der Waals surface area contributed by atoms with Crippen LogP contribution in [0.15, 0.2) is 6.20 Å². The molecule has 4 rings (SSSR count). The number of nitrogens with one attached hydrogen (secondary N) is 1. The average molecular weight is 355 g/mol. The largest absolute Gasteiger partial charge is 0.381 e. The molecule has 1 saturated heterocycles. The van der Waals surface area contributed by atoms with E-state index < -0.39 is 10.0 Å². The normalized spacial score (nSPS) is 25.6. The van der Waals surface area contributed by atoms with Gasteiger partial charge in [0, 0.05) is 32.5 Å². The number of nitrogens with zero attached hydrogens (tertiary/aromatic N) is 2. The summed E-state index contributed by atoms with van der Waals surface area (Å²) < 4.78 is 39.9. The maximum absolute atomic E-state index is 12.0. The van der Waals surface area contributed by atoms with Crippen LogP contribution in [-0.4, -0.2) is 49.8 Å². The van der Waals surface area contributed by atoms with Gasteiger partial charge in [0.1, 0.15) is 6.10 Å². The molecule has 24 heavy (non-hydrogen) atoms. The van der Waals surface area contributed by atoms with Crippen molar-refractivity contribution in [2.45, 2.75) is 50.0 Å². The SMILES string of the molecule is O=S(=O)(NCC1OCCc2cn(CC3CCOCC3)nc21)C1CC1. The number of aromatic nitrogens is 2. The highest BCUT2D eigenvalue weighted by Crippen LogP contribution is 2.29. The van der Waals surface area contributed by atoms with Crippen LogP contribution in [0.1, 0.15) is 43.0 Å². The Labute approximate surface area is 142 Å². The fourth-order valence-corrected chi connectivity index (χ4v) is 4.84. The van der Waals surface area contributed by atoms with Crippen LogP contribution in [0.5, 0.6) is 0 Å². The van der Waals surface area contributed by atoms with Crippen molar-refractivity contribution in [1.29, 1.82) is 0 Å². The number of ether oxygens (including phenoxy) is 2. The third kappa shape index (κ3) is 3.66. The molecule has 8 heteroatoms. The van der Waals surface area contributed by atoms with Crippen LogP contribution in [-0.2, 0) is 32.5 Å². The van der Waals surface area contributed by atoms with Crippen LogP contribution in [0.4, 0.5) is 0 Å². The fraction of sp³-hybridized carbons (Fsp3) is 0.812. The maximum Gasteiger partial charge on any atom is 0.214 e. The second kappa shape index (κ2) is 6.74. The molecule has 0 bridgehead atoms. The van der Waals surface area contributed by atoms with Gasteiger partial charge in [0.15, 0.2) is 0 Å². The molecule has 2 fully saturated rings. The second-order valence-corrected chi connectivity index (χ2v) is 9.06. The van der Waals surface area contributed by atoms with Crippen molar-refractivity contribution >= 4 is 10.0 Å². The monoisotopic (exact) mass is 355 g/mol. The van der Waals surface area contributed by atoms with Gasteiger partial charge in [-0.1, -0.05) is 0 Å². The molecule has 1 saturated carbocycles. The van der Waals surface area contributed by atoms with Gasteiger partial charge in [-0.15, -0.1) is 0 Å². The highest BCUT2D eigenvalue weighted by molar-refractivity contribution is 7.90.